The van der Waals surface area contributed by atoms with Gasteiger partial charge in [0.1, 0.15) is 0 Å². The summed E-state index contributed by atoms with van der Waals surface area (Å²) >= 11 is 1.09. The first-order valence-corrected chi connectivity index (χ1v) is 7.39. The molecule has 0 aliphatic rings. The van der Waals surface area contributed by atoms with Crippen LogP contribution in [0.3, 0.4) is 0 Å². The summed E-state index contributed by atoms with van der Waals surface area (Å²) in [6.07, 6.45) is 1.44. The van der Waals surface area contributed by atoms with Gasteiger partial charge in [-0.2, -0.15) is 13.2 Å². The molecule has 0 radical (unpaired) electrons. The molecule has 0 amide bonds. The number of carboxylic acid groups (broad SMARTS) is 1. The Kier molecular flexibility index (Phi) is 4.74. The molecule has 0 atom stereocenters. The van der Waals surface area contributed by atoms with Crippen LogP contribution in [-0.4, -0.2) is 16.6 Å². The predicted molar refractivity (Wildman–Crippen MR) is 78.2 cm³/mol. The van der Waals surface area contributed by atoms with Crippen LogP contribution in [-0.2, 0) is 4.79 Å². The zero-order valence-electron chi connectivity index (χ0n) is 10.4. The number of alkyl halides is 3. The third kappa shape index (κ3) is 4.64. The molecule has 2 nitrogen and oxygen atoms in total. The molecule has 0 aliphatic heterocycles. The van der Waals surface area contributed by atoms with Crippen LogP contribution in [0.1, 0.15) is 10.4 Å². The van der Waals surface area contributed by atoms with E-state index in [1.165, 1.54) is 41.7 Å². The molecule has 21 heavy (non-hydrogen) atoms. The highest BCUT2D eigenvalue weighted by Crippen LogP contribution is 2.36. The molecule has 7 heteroatoms. The van der Waals surface area contributed by atoms with Crippen molar-refractivity contribution >= 4 is 40.7 Å². The molecule has 2 aromatic rings. The molecule has 110 valence electrons. The van der Waals surface area contributed by atoms with Gasteiger partial charge in [-0.3, -0.25) is 0 Å². The van der Waals surface area contributed by atoms with Gasteiger partial charge in [0.05, 0.1) is 5.57 Å². The summed E-state index contributed by atoms with van der Waals surface area (Å²) in [5.74, 6) is -1.08. The van der Waals surface area contributed by atoms with Gasteiger partial charge in [0.25, 0.3) is 0 Å². The maximum absolute atomic E-state index is 12.2. The number of aliphatic carboxylic acids is 1. The summed E-state index contributed by atoms with van der Waals surface area (Å²) in [7, 11) is 0. The van der Waals surface area contributed by atoms with E-state index in [4.69, 9.17) is 0 Å². The van der Waals surface area contributed by atoms with Crippen molar-refractivity contribution < 1.29 is 23.1 Å². The number of carbonyl (C=O) groups is 1. The lowest BCUT2D eigenvalue weighted by atomic mass is 10.1. The zero-order valence-corrected chi connectivity index (χ0v) is 12.1. The maximum Gasteiger partial charge on any atom is 0.446 e. The minimum Gasteiger partial charge on any atom is -0.478 e. The van der Waals surface area contributed by atoms with Crippen LogP contribution in [0.2, 0.25) is 0 Å². The Morgan fingerprint density at radius 3 is 2.33 bits per heavy atom. The van der Waals surface area contributed by atoms with E-state index in [1.54, 1.807) is 17.5 Å². The molecule has 1 heterocycles. The number of hydrogen-bond donors (Lipinski definition) is 1. The van der Waals surface area contributed by atoms with Crippen LogP contribution in [0.15, 0.2) is 46.7 Å². The van der Waals surface area contributed by atoms with Crippen molar-refractivity contribution in [2.45, 2.75) is 10.4 Å². The lowest BCUT2D eigenvalue weighted by molar-refractivity contribution is -0.130. The first kappa shape index (κ1) is 15.7. The molecule has 0 saturated carbocycles. The van der Waals surface area contributed by atoms with Gasteiger partial charge in [-0.25, -0.2) is 4.79 Å². The fourth-order valence-electron chi connectivity index (χ4n) is 1.60. The average Bonchev–Trinajstić information content (AvgIpc) is 2.89. The smallest absolute Gasteiger partial charge is 0.446 e. The average molecular weight is 330 g/mol. The highest BCUT2D eigenvalue weighted by atomic mass is 32.2. The summed E-state index contributed by atoms with van der Waals surface area (Å²) in [5, 5.41) is 11.0. The third-order valence-electron chi connectivity index (χ3n) is 2.44. The summed E-state index contributed by atoms with van der Waals surface area (Å²) in [6, 6.07) is 8.98. The summed E-state index contributed by atoms with van der Waals surface area (Å²) < 4.78 is 36.7. The molecular weight excluding hydrogens is 321 g/mol. The predicted octanol–water partition coefficient (Wildman–Crippen LogP) is 4.99. The van der Waals surface area contributed by atoms with Gasteiger partial charge in [0.2, 0.25) is 0 Å². The van der Waals surface area contributed by atoms with Crippen LogP contribution < -0.4 is 0 Å². The van der Waals surface area contributed by atoms with Crippen molar-refractivity contribution in [3.05, 3.63) is 52.2 Å². The minimum atomic E-state index is -4.33. The summed E-state index contributed by atoms with van der Waals surface area (Å²) in [4.78, 5) is 11.9. The van der Waals surface area contributed by atoms with Gasteiger partial charge in [0.15, 0.2) is 0 Å². The second-order valence-corrected chi connectivity index (χ2v) is 6.04. The Balaban J connectivity index is 2.25. The molecule has 1 aromatic heterocycles. The molecule has 1 N–H and O–H groups in total. The monoisotopic (exact) mass is 330 g/mol. The lowest BCUT2D eigenvalue weighted by Gasteiger charge is -2.05. The molecule has 0 aliphatic carbocycles. The topological polar surface area (TPSA) is 37.3 Å². The number of carboxylic acids is 1. The molecular formula is C14H9F3O2S2. The van der Waals surface area contributed by atoms with E-state index in [0.29, 0.717) is 10.4 Å². The largest absolute Gasteiger partial charge is 0.478 e. The van der Waals surface area contributed by atoms with Crippen molar-refractivity contribution in [1.29, 1.82) is 0 Å². The van der Waals surface area contributed by atoms with Crippen LogP contribution in [0, 0.1) is 0 Å². The summed E-state index contributed by atoms with van der Waals surface area (Å²) in [5.41, 5.74) is -3.69. The van der Waals surface area contributed by atoms with E-state index < -0.39 is 11.5 Å². The highest BCUT2D eigenvalue weighted by molar-refractivity contribution is 8.00. The van der Waals surface area contributed by atoms with E-state index >= 15 is 0 Å². The number of benzene rings is 1. The van der Waals surface area contributed by atoms with E-state index in [-0.39, 0.29) is 22.2 Å². The van der Waals surface area contributed by atoms with Crippen LogP contribution >= 0.6 is 23.1 Å². The first-order valence-electron chi connectivity index (χ1n) is 5.70. The Labute approximate surface area is 126 Å². The van der Waals surface area contributed by atoms with Crippen LogP contribution in [0.4, 0.5) is 13.2 Å². The first-order chi connectivity index (χ1) is 9.85. The molecule has 0 fully saturated rings. The number of hydrogen-bond acceptors (Lipinski definition) is 3. The number of thioether (sulfide) groups is 1. The number of halogens is 3. The fraction of sp³-hybridized carbons (Fsp3) is 0.0714. The summed E-state index contributed by atoms with van der Waals surface area (Å²) in [6.45, 7) is 0. The van der Waals surface area contributed by atoms with E-state index in [0.717, 1.165) is 0 Å². The van der Waals surface area contributed by atoms with Crippen molar-refractivity contribution in [2.75, 3.05) is 0 Å². The van der Waals surface area contributed by atoms with Crippen LogP contribution in [0.25, 0.3) is 11.6 Å². The Morgan fingerprint density at radius 1 is 1.19 bits per heavy atom. The van der Waals surface area contributed by atoms with Crippen molar-refractivity contribution in [2.24, 2.45) is 0 Å². The van der Waals surface area contributed by atoms with Gasteiger partial charge < -0.3 is 5.11 Å². The molecule has 0 saturated heterocycles. The Bertz CT molecular complexity index is 644. The van der Waals surface area contributed by atoms with E-state index in [2.05, 4.69) is 0 Å². The van der Waals surface area contributed by atoms with Gasteiger partial charge in [-0.05, 0) is 47.0 Å². The van der Waals surface area contributed by atoms with E-state index in [9.17, 15) is 23.1 Å². The van der Waals surface area contributed by atoms with Gasteiger partial charge in [-0.15, -0.1) is 11.3 Å². The highest BCUT2D eigenvalue weighted by Gasteiger charge is 2.28. The lowest BCUT2D eigenvalue weighted by Crippen LogP contribution is -1.99. The standard InChI is InChI=1S/C14H9F3O2S2/c15-14(16,17)21-10-5-3-9(4-6-10)8-11(13(18)19)12-2-1-7-20-12/h1-8H,(H,18,19)/b11-8-. The molecule has 1 aromatic carbocycles. The van der Waals surface area contributed by atoms with Gasteiger partial charge in [0, 0.05) is 9.77 Å². The van der Waals surface area contributed by atoms with Gasteiger partial charge >= 0.3 is 11.5 Å². The van der Waals surface area contributed by atoms with Crippen molar-refractivity contribution in [3.8, 4) is 0 Å². The molecule has 0 spiro atoms. The number of rotatable bonds is 4. The third-order valence-corrected chi connectivity index (χ3v) is 4.08. The van der Waals surface area contributed by atoms with Crippen molar-refractivity contribution in [3.63, 3.8) is 0 Å². The Hall–Kier alpha value is -1.73. The van der Waals surface area contributed by atoms with Gasteiger partial charge in [-0.1, -0.05) is 18.2 Å². The number of thiophene rings is 1. The minimum absolute atomic E-state index is 0.0626. The molecule has 0 bridgehead atoms. The second kappa shape index (κ2) is 6.36. The van der Waals surface area contributed by atoms with Crippen molar-refractivity contribution in [1.82, 2.24) is 0 Å². The maximum atomic E-state index is 12.2. The van der Waals surface area contributed by atoms with E-state index in [1.807, 2.05) is 0 Å². The Morgan fingerprint density at radius 2 is 1.86 bits per heavy atom. The fourth-order valence-corrected chi connectivity index (χ4v) is 2.88. The zero-order chi connectivity index (χ0) is 15.5. The second-order valence-electron chi connectivity index (χ2n) is 3.96. The normalized spacial score (nSPS) is 12.4. The molecule has 0 unspecified atom stereocenters. The van der Waals surface area contributed by atoms with Crippen LogP contribution in [0.5, 0.6) is 0 Å². The SMILES string of the molecule is O=C(O)/C(=C\c1ccc(SC(F)(F)F)cc1)c1cccs1. The quantitative estimate of drug-likeness (QED) is 0.634. The molecule has 2 rings (SSSR count).